The molecule has 0 aliphatic heterocycles. The number of anilines is 1. The van der Waals surface area contributed by atoms with Crippen molar-refractivity contribution in [3.63, 3.8) is 0 Å². The number of para-hydroxylation sites is 1. The van der Waals surface area contributed by atoms with Gasteiger partial charge in [0.05, 0.1) is 11.3 Å². The molecule has 1 aromatic heterocycles. The summed E-state index contributed by atoms with van der Waals surface area (Å²) in [5.41, 5.74) is 1.81. The van der Waals surface area contributed by atoms with E-state index < -0.39 is 0 Å². The van der Waals surface area contributed by atoms with Crippen LogP contribution in [0, 0.1) is 5.82 Å². The number of rotatable bonds is 2. The van der Waals surface area contributed by atoms with Gasteiger partial charge in [-0.15, -0.1) is 0 Å². The fraction of sp³-hybridized carbons (Fsp3) is 0. The molecule has 2 aromatic carbocycles. The van der Waals surface area contributed by atoms with E-state index in [9.17, 15) is 9.18 Å². The summed E-state index contributed by atoms with van der Waals surface area (Å²) in [6.45, 7) is 0. The summed E-state index contributed by atoms with van der Waals surface area (Å²) < 4.78 is 14.1. The summed E-state index contributed by atoms with van der Waals surface area (Å²) in [7, 11) is 0. The number of carbonyl (C=O) groups excluding carboxylic acids is 1. The van der Waals surface area contributed by atoms with Gasteiger partial charge >= 0.3 is 0 Å². The lowest BCUT2D eigenvalue weighted by Crippen LogP contribution is -2.11. The Balaban J connectivity index is 1.97. The minimum absolute atomic E-state index is 0.284. The first-order valence-corrected chi connectivity index (χ1v) is 6.77. The minimum atomic E-state index is -0.368. The Morgan fingerprint density at radius 1 is 1.20 bits per heavy atom. The summed E-state index contributed by atoms with van der Waals surface area (Å²) >= 11 is 3.37. The van der Waals surface area contributed by atoms with Crippen molar-refractivity contribution in [1.82, 2.24) is 4.98 Å². The predicted octanol–water partition coefficient (Wildman–Crippen LogP) is 4.32. The second kappa shape index (κ2) is 5.09. The first kappa shape index (κ1) is 12.9. The molecular weight excluding hydrogens is 323 g/mol. The standard InChI is InChI=1S/C15H10BrFN2O/c16-12-3-1-2-4-14(12)19-15(20)11-8-18-13-6-5-9(17)7-10(11)13/h1-8,18H,(H,19,20). The molecule has 100 valence electrons. The van der Waals surface area contributed by atoms with Crippen molar-refractivity contribution in [2.24, 2.45) is 0 Å². The van der Waals surface area contributed by atoms with E-state index in [1.165, 1.54) is 12.1 Å². The van der Waals surface area contributed by atoms with Crippen LogP contribution in [0.5, 0.6) is 0 Å². The fourth-order valence-electron chi connectivity index (χ4n) is 2.03. The maximum Gasteiger partial charge on any atom is 0.257 e. The second-order valence-electron chi connectivity index (χ2n) is 4.33. The Morgan fingerprint density at radius 3 is 2.80 bits per heavy atom. The summed E-state index contributed by atoms with van der Waals surface area (Å²) in [6, 6.07) is 11.6. The minimum Gasteiger partial charge on any atom is -0.360 e. The van der Waals surface area contributed by atoms with Gasteiger partial charge in [-0.25, -0.2) is 4.39 Å². The first-order valence-electron chi connectivity index (χ1n) is 5.97. The molecule has 1 heterocycles. The van der Waals surface area contributed by atoms with Gasteiger partial charge < -0.3 is 10.3 Å². The average Bonchev–Trinajstić information content (AvgIpc) is 2.84. The van der Waals surface area contributed by atoms with E-state index in [0.29, 0.717) is 16.6 Å². The zero-order valence-corrected chi connectivity index (χ0v) is 11.9. The van der Waals surface area contributed by atoms with Crippen LogP contribution in [0.3, 0.4) is 0 Å². The first-order chi connectivity index (χ1) is 9.65. The van der Waals surface area contributed by atoms with E-state index in [1.807, 2.05) is 18.2 Å². The highest BCUT2D eigenvalue weighted by atomic mass is 79.9. The highest BCUT2D eigenvalue weighted by Gasteiger charge is 2.13. The molecule has 20 heavy (non-hydrogen) atoms. The topological polar surface area (TPSA) is 44.9 Å². The summed E-state index contributed by atoms with van der Waals surface area (Å²) in [5.74, 6) is -0.652. The van der Waals surface area contributed by atoms with Crippen LogP contribution in [0.25, 0.3) is 10.9 Å². The largest absolute Gasteiger partial charge is 0.360 e. The highest BCUT2D eigenvalue weighted by Crippen LogP contribution is 2.24. The number of benzene rings is 2. The van der Waals surface area contributed by atoms with Crippen molar-refractivity contribution in [2.45, 2.75) is 0 Å². The van der Waals surface area contributed by atoms with Crippen molar-refractivity contribution >= 4 is 38.4 Å². The van der Waals surface area contributed by atoms with Crippen LogP contribution in [0.4, 0.5) is 10.1 Å². The molecule has 0 bridgehead atoms. The zero-order valence-electron chi connectivity index (χ0n) is 10.3. The number of hydrogen-bond donors (Lipinski definition) is 2. The lowest BCUT2D eigenvalue weighted by atomic mass is 10.1. The molecule has 0 fully saturated rings. The molecule has 0 saturated carbocycles. The van der Waals surface area contributed by atoms with Gasteiger partial charge in [0.1, 0.15) is 5.82 Å². The number of carbonyl (C=O) groups is 1. The van der Waals surface area contributed by atoms with Crippen molar-refractivity contribution in [3.8, 4) is 0 Å². The predicted molar refractivity (Wildman–Crippen MR) is 80.4 cm³/mol. The fourth-order valence-corrected chi connectivity index (χ4v) is 2.42. The van der Waals surface area contributed by atoms with Crippen molar-refractivity contribution in [3.05, 3.63) is 64.5 Å². The molecule has 0 saturated heterocycles. The molecule has 0 aliphatic rings. The van der Waals surface area contributed by atoms with E-state index in [4.69, 9.17) is 0 Å². The molecular formula is C15H10BrFN2O. The number of amides is 1. The molecule has 1 amide bonds. The van der Waals surface area contributed by atoms with E-state index in [1.54, 1.807) is 18.3 Å². The third-order valence-corrected chi connectivity index (χ3v) is 3.70. The van der Waals surface area contributed by atoms with E-state index in [2.05, 4.69) is 26.2 Å². The normalized spacial score (nSPS) is 10.7. The Bertz CT molecular complexity index is 797. The quantitative estimate of drug-likeness (QED) is 0.721. The smallest absolute Gasteiger partial charge is 0.257 e. The molecule has 2 N–H and O–H groups in total. The molecule has 0 radical (unpaired) electrons. The molecule has 3 nitrogen and oxygen atoms in total. The number of aromatic amines is 1. The van der Waals surface area contributed by atoms with Crippen molar-refractivity contribution in [1.29, 1.82) is 0 Å². The Kier molecular flexibility index (Phi) is 3.28. The van der Waals surface area contributed by atoms with Gasteiger partial charge in [0.25, 0.3) is 5.91 Å². The SMILES string of the molecule is O=C(Nc1ccccc1Br)c1c[nH]c2ccc(F)cc12. The van der Waals surface area contributed by atoms with Gasteiger partial charge in [-0.05, 0) is 46.3 Å². The Labute approximate surface area is 122 Å². The molecule has 0 aliphatic carbocycles. The van der Waals surface area contributed by atoms with Crippen LogP contribution in [0.2, 0.25) is 0 Å². The Hall–Kier alpha value is -2.14. The van der Waals surface area contributed by atoms with E-state index in [-0.39, 0.29) is 11.7 Å². The molecule has 0 spiro atoms. The maximum atomic E-state index is 13.3. The lowest BCUT2D eigenvalue weighted by molar-refractivity contribution is 0.102. The maximum absolute atomic E-state index is 13.3. The van der Waals surface area contributed by atoms with Crippen LogP contribution in [0.15, 0.2) is 53.1 Å². The van der Waals surface area contributed by atoms with Gasteiger partial charge in [0.15, 0.2) is 0 Å². The van der Waals surface area contributed by atoms with Crippen LogP contribution in [-0.4, -0.2) is 10.9 Å². The lowest BCUT2D eigenvalue weighted by Gasteiger charge is -2.06. The van der Waals surface area contributed by atoms with Crippen LogP contribution in [0.1, 0.15) is 10.4 Å². The second-order valence-corrected chi connectivity index (χ2v) is 5.18. The van der Waals surface area contributed by atoms with Crippen LogP contribution >= 0.6 is 15.9 Å². The highest BCUT2D eigenvalue weighted by molar-refractivity contribution is 9.10. The van der Waals surface area contributed by atoms with Crippen LogP contribution < -0.4 is 5.32 Å². The van der Waals surface area contributed by atoms with Crippen molar-refractivity contribution < 1.29 is 9.18 Å². The number of H-pyrrole nitrogens is 1. The summed E-state index contributed by atoms with van der Waals surface area (Å²) in [5, 5.41) is 3.36. The zero-order chi connectivity index (χ0) is 14.1. The van der Waals surface area contributed by atoms with Gasteiger partial charge in [-0.1, -0.05) is 12.1 Å². The molecule has 0 atom stereocenters. The monoisotopic (exact) mass is 332 g/mol. The molecule has 5 heteroatoms. The number of fused-ring (bicyclic) bond motifs is 1. The van der Waals surface area contributed by atoms with E-state index in [0.717, 1.165) is 9.99 Å². The third kappa shape index (κ3) is 2.32. The number of halogens is 2. The van der Waals surface area contributed by atoms with E-state index >= 15 is 0 Å². The average molecular weight is 333 g/mol. The molecule has 0 unspecified atom stereocenters. The van der Waals surface area contributed by atoms with Gasteiger partial charge in [-0.2, -0.15) is 0 Å². The summed E-state index contributed by atoms with van der Waals surface area (Å²) in [4.78, 5) is 15.2. The number of nitrogens with one attached hydrogen (secondary N) is 2. The molecule has 3 rings (SSSR count). The van der Waals surface area contributed by atoms with Gasteiger partial charge in [-0.3, -0.25) is 4.79 Å². The molecule has 3 aromatic rings. The number of aromatic nitrogens is 1. The van der Waals surface area contributed by atoms with Gasteiger partial charge in [0, 0.05) is 21.6 Å². The van der Waals surface area contributed by atoms with Gasteiger partial charge in [0.2, 0.25) is 0 Å². The van der Waals surface area contributed by atoms with Crippen LogP contribution in [-0.2, 0) is 0 Å². The Morgan fingerprint density at radius 2 is 2.00 bits per heavy atom. The third-order valence-electron chi connectivity index (χ3n) is 3.01. The number of hydrogen-bond acceptors (Lipinski definition) is 1. The summed E-state index contributed by atoms with van der Waals surface area (Å²) in [6.07, 6.45) is 1.58. The van der Waals surface area contributed by atoms with Crippen molar-refractivity contribution in [2.75, 3.05) is 5.32 Å².